The van der Waals surface area contributed by atoms with Crippen molar-refractivity contribution in [3.63, 3.8) is 0 Å². The Bertz CT molecular complexity index is 360. The molecule has 0 saturated carbocycles. The fourth-order valence-corrected chi connectivity index (χ4v) is 1.77. The second kappa shape index (κ2) is 3.70. The molecule has 0 atom stereocenters. The van der Waals surface area contributed by atoms with Crippen LogP contribution in [0.25, 0.3) is 0 Å². The lowest BCUT2D eigenvalue weighted by Gasteiger charge is -2.09. The number of rotatable bonds is 1. The molecule has 0 radical (unpaired) electrons. The molecule has 3 heteroatoms. The van der Waals surface area contributed by atoms with Crippen LogP contribution in [0.1, 0.15) is 17.5 Å². The SMILES string of the molecule is COc1cccc2c1CCC(=O)NC2. The number of nitrogens with one attached hydrogen (secondary N) is 1. The summed E-state index contributed by atoms with van der Waals surface area (Å²) in [5.41, 5.74) is 2.32. The van der Waals surface area contributed by atoms with Gasteiger partial charge in [0.1, 0.15) is 5.75 Å². The molecule has 1 N–H and O–H groups in total. The Hall–Kier alpha value is -1.51. The van der Waals surface area contributed by atoms with Gasteiger partial charge in [-0.25, -0.2) is 0 Å². The van der Waals surface area contributed by atoms with E-state index in [1.54, 1.807) is 7.11 Å². The average Bonchev–Trinajstić information content (AvgIpc) is 2.41. The summed E-state index contributed by atoms with van der Waals surface area (Å²) in [4.78, 5) is 11.2. The van der Waals surface area contributed by atoms with Gasteiger partial charge in [-0.2, -0.15) is 0 Å². The predicted molar refractivity (Wildman–Crippen MR) is 53.2 cm³/mol. The molecule has 1 aliphatic rings. The molecule has 0 aliphatic carbocycles. The highest BCUT2D eigenvalue weighted by molar-refractivity contribution is 5.77. The molecule has 0 spiro atoms. The Morgan fingerprint density at radius 1 is 1.36 bits per heavy atom. The van der Waals surface area contributed by atoms with E-state index in [-0.39, 0.29) is 5.91 Å². The van der Waals surface area contributed by atoms with Gasteiger partial charge in [0.2, 0.25) is 5.91 Å². The van der Waals surface area contributed by atoms with Crippen molar-refractivity contribution < 1.29 is 9.53 Å². The molecule has 1 amide bonds. The molecule has 1 heterocycles. The maximum atomic E-state index is 11.2. The summed E-state index contributed by atoms with van der Waals surface area (Å²) in [7, 11) is 1.66. The van der Waals surface area contributed by atoms with Gasteiger partial charge in [-0.15, -0.1) is 0 Å². The summed E-state index contributed by atoms with van der Waals surface area (Å²) >= 11 is 0. The summed E-state index contributed by atoms with van der Waals surface area (Å²) in [5.74, 6) is 1.00. The molecule has 2 rings (SSSR count). The van der Waals surface area contributed by atoms with Crippen molar-refractivity contribution >= 4 is 5.91 Å². The summed E-state index contributed by atoms with van der Waals surface area (Å²) in [6.45, 7) is 0.616. The fraction of sp³-hybridized carbons (Fsp3) is 0.364. The molecule has 0 bridgehead atoms. The zero-order chi connectivity index (χ0) is 9.97. The van der Waals surface area contributed by atoms with E-state index in [1.807, 2.05) is 18.2 Å². The number of fused-ring (bicyclic) bond motifs is 1. The molecule has 0 saturated heterocycles. The Balaban J connectivity index is 2.39. The molecule has 1 aliphatic heterocycles. The second-order valence-electron chi connectivity index (χ2n) is 3.37. The molecular formula is C11H13NO2. The van der Waals surface area contributed by atoms with Crippen LogP contribution in [0.15, 0.2) is 18.2 Å². The van der Waals surface area contributed by atoms with E-state index in [2.05, 4.69) is 5.32 Å². The maximum absolute atomic E-state index is 11.2. The van der Waals surface area contributed by atoms with Crippen molar-refractivity contribution in [2.24, 2.45) is 0 Å². The lowest BCUT2D eigenvalue weighted by molar-refractivity contribution is -0.121. The van der Waals surface area contributed by atoms with Gasteiger partial charge in [0, 0.05) is 13.0 Å². The van der Waals surface area contributed by atoms with E-state index in [4.69, 9.17) is 4.74 Å². The second-order valence-corrected chi connectivity index (χ2v) is 3.37. The van der Waals surface area contributed by atoms with Crippen molar-refractivity contribution in [1.82, 2.24) is 5.32 Å². The quantitative estimate of drug-likeness (QED) is 0.725. The molecule has 74 valence electrons. The van der Waals surface area contributed by atoms with Gasteiger partial charge >= 0.3 is 0 Å². The highest BCUT2D eigenvalue weighted by Crippen LogP contribution is 2.25. The van der Waals surface area contributed by atoms with Crippen molar-refractivity contribution in [3.05, 3.63) is 29.3 Å². The topological polar surface area (TPSA) is 38.3 Å². The first kappa shape index (κ1) is 9.06. The van der Waals surface area contributed by atoms with E-state index in [9.17, 15) is 4.79 Å². The normalized spacial score (nSPS) is 15.4. The zero-order valence-corrected chi connectivity index (χ0v) is 8.17. The lowest BCUT2D eigenvalue weighted by atomic mass is 10.0. The highest BCUT2D eigenvalue weighted by atomic mass is 16.5. The standard InChI is InChI=1S/C11H13NO2/c1-14-10-4-2-3-8-7-12-11(13)6-5-9(8)10/h2-4H,5-7H2,1H3,(H,12,13). The molecule has 1 aromatic carbocycles. The minimum Gasteiger partial charge on any atom is -0.496 e. The number of methoxy groups -OCH3 is 1. The van der Waals surface area contributed by atoms with E-state index in [0.29, 0.717) is 13.0 Å². The van der Waals surface area contributed by atoms with Gasteiger partial charge in [-0.1, -0.05) is 12.1 Å². The molecular weight excluding hydrogens is 178 g/mol. The number of carbonyl (C=O) groups excluding carboxylic acids is 1. The van der Waals surface area contributed by atoms with Crippen molar-refractivity contribution in [2.45, 2.75) is 19.4 Å². The Labute approximate surface area is 83.1 Å². The van der Waals surface area contributed by atoms with Gasteiger partial charge in [-0.05, 0) is 23.6 Å². The lowest BCUT2D eigenvalue weighted by Crippen LogP contribution is -2.20. The maximum Gasteiger partial charge on any atom is 0.220 e. The third kappa shape index (κ3) is 1.58. The van der Waals surface area contributed by atoms with E-state index in [1.165, 1.54) is 0 Å². The molecule has 0 unspecified atom stereocenters. The van der Waals surface area contributed by atoms with Gasteiger partial charge in [-0.3, -0.25) is 4.79 Å². The van der Waals surface area contributed by atoms with Gasteiger partial charge in [0.15, 0.2) is 0 Å². The summed E-state index contributed by atoms with van der Waals surface area (Å²) < 4.78 is 5.26. The molecule has 3 nitrogen and oxygen atoms in total. The van der Waals surface area contributed by atoms with Gasteiger partial charge in [0.05, 0.1) is 7.11 Å². The first-order valence-electron chi connectivity index (χ1n) is 4.72. The van der Waals surface area contributed by atoms with Crippen LogP contribution in [0.4, 0.5) is 0 Å². The van der Waals surface area contributed by atoms with Crippen LogP contribution in [0.5, 0.6) is 5.75 Å². The van der Waals surface area contributed by atoms with Crippen LogP contribution in [-0.4, -0.2) is 13.0 Å². The molecule has 1 aromatic rings. The number of amides is 1. The Morgan fingerprint density at radius 2 is 2.21 bits per heavy atom. The number of ether oxygens (including phenoxy) is 1. The fourth-order valence-electron chi connectivity index (χ4n) is 1.77. The van der Waals surface area contributed by atoms with E-state index >= 15 is 0 Å². The van der Waals surface area contributed by atoms with E-state index < -0.39 is 0 Å². The van der Waals surface area contributed by atoms with Crippen molar-refractivity contribution in [1.29, 1.82) is 0 Å². The minimum atomic E-state index is 0.114. The third-order valence-corrected chi connectivity index (χ3v) is 2.53. The minimum absolute atomic E-state index is 0.114. The first-order chi connectivity index (χ1) is 6.81. The molecule has 14 heavy (non-hydrogen) atoms. The predicted octanol–water partition coefficient (Wildman–Crippen LogP) is 1.26. The largest absolute Gasteiger partial charge is 0.496 e. The van der Waals surface area contributed by atoms with Crippen LogP contribution in [-0.2, 0) is 17.8 Å². The van der Waals surface area contributed by atoms with E-state index in [0.717, 1.165) is 23.3 Å². The van der Waals surface area contributed by atoms with Crippen LogP contribution < -0.4 is 10.1 Å². The number of hydrogen-bond donors (Lipinski definition) is 1. The summed E-state index contributed by atoms with van der Waals surface area (Å²) in [5, 5.41) is 2.86. The smallest absolute Gasteiger partial charge is 0.220 e. The summed E-state index contributed by atoms with van der Waals surface area (Å²) in [6, 6.07) is 5.92. The Morgan fingerprint density at radius 3 is 3.00 bits per heavy atom. The summed E-state index contributed by atoms with van der Waals surface area (Å²) in [6.07, 6.45) is 1.32. The average molecular weight is 191 g/mol. The van der Waals surface area contributed by atoms with Crippen LogP contribution in [0.2, 0.25) is 0 Å². The number of benzene rings is 1. The van der Waals surface area contributed by atoms with Crippen LogP contribution >= 0.6 is 0 Å². The van der Waals surface area contributed by atoms with Gasteiger partial charge < -0.3 is 10.1 Å². The highest BCUT2D eigenvalue weighted by Gasteiger charge is 2.15. The number of hydrogen-bond acceptors (Lipinski definition) is 2. The Kier molecular flexibility index (Phi) is 2.39. The monoisotopic (exact) mass is 191 g/mol. The third-order valence-electron chi connectivity index (χ3n) is 2.53. The zero-order valence-electron chi connectivity index (χ0n) is 8.17. The number of carbonyl (C=O) groups is 1. The first-order valence-corrected chi connectivity index (χ1v) is 4.72. The molecule has 0 aromatic heterocycles. The van der Waals surface area contributed by atoms with Crippen LogP contribution in [0, 0.1) is 0 Å². The van der Waals surface area contributed by atoms with Gasteiger partial charge in [0.25, 0.3) is 0 Å². The van der Waals surface area contributed by atoms with Crippen molar-refractivity contribution in [3.8, 4) is 5.75 Å². The van der Waals surface area contributed by atoms with Crippen molar-refractivity contribution in [2.75, 3.05) is 7.11 Å². The van der Waals surface area contributed by atoms with Crippen LogP contribution in [0.3, 0.4) is 0 Å². The molecule has 0 fully saturated rings.